The minimum absolute atomic E-state index is 0.0447. The summed E-state index contributed by atoms with van der Waals surface area (Å²) in [4.78, 5) is 29.0. The molecule has 5 nitrogen and oxygen atoms in total. The number of amides is 2. The Kier molecular flexibility index (Phi) is 7.37. The topological polar surface area (TPSA) is 58.6 Å². The number of nitrogens with zero attached hydrogens (tertiary/aromatic N) is 1. The van der Waals surface area contributed by atoms with Crippen molar-refractivity contribution in [2.75, 3.05) is 25.1 Å². The molecule has 168 valence electrons. The Hall–Kier alpha value is -3.22. The lowest BCUT2D eigenvalue weighted by atomic mass is 10.1. The Labute approximate surface area is 202 Å². The molecule has 3 aromatic carbocycles. The van der Waals surface area contributed by atoms with Crippen molar-refractivity contribution in [3.63, 3.8) is 0 Å². The molecule has 7 heteroatoms. The number of thioether (sulfide) groups is 1. The van der Waals surface area contributed by atoms with Gasteiger partial charge in [0.2, 0.25) is 5.91 Å². The number of para-hydroxylation sites is 1. The molecule has 2 amide bonds. The smallest absolute Gasteiger partial charge is 0.265 e. The number of anilines is 1. The van der Waals surface area contributed by atoms with Crippen molar-refractivity contribution >= 4 is 46.9 Å². The number of ether oxygens (including phenoxy) is 1. The van der Waals surface area contributed by atoms with Gasteiger partial charge in [-0.2, -0.15) is 0 Å². The summed E-state index contributed by atoms with van der Waals surface area (Å²) in [6.45, 7) is 0.435. The van der Waals surface area contributed by atoms with Gasteiger partial charge in [-0.25, -0.2) is 0 Å². The molecule has 0 aliphatic carbocycles. The van der Waals surface area contributed by atoms with Crippen LogP contribution in [0.2, 0.25) is 5.02 Å². The summed E-state index contributed by atoms with van der Waals surface area (Å²) in [5.41, 5.74) is 2.71. The molecule has 0 unspecified atom stereocenters. The van der Waals surface area contributed by atoms with Crippen LogP contribution in [0.1, 0.15) is 11.1 Å². The highest BCUT2D eigenvalue weighted by Gasteiger charge is 2.30. The monoisotopic (exact) mass is 478 g/mol. The highest BCUT2D eigenvalue weighted by Crippen LogP contribution is 2.41. The summed E-state index contributed by atoms with van der Waals surface area (Å²) in [5.74, 6) is 0.354. The van der Waals surface area contributed by atoms with Crippen molar-refractivity contribution in [2.45, 2.75) is 11.3 Å². The van der Waals surface area contributed by atoms with E-state index in [9.17, 15) is 9.59 Å². The van der Waals surface area contributed by atoms with Crippen LogP contribution in [0.25, 0.3) is 6.08 Å². The Morgan fingerprint density at radius 2 is 1.79 bits per heavy atom. The summed E-state index contributed by atoms with van der Waals surface area (Å²) in [6.07, 6.45) is 2.53. The van der Waals surface area contributed by atoms with Gasteiger partial charge in [0, 0.05) is 16.5 Å². The lowest BCUT2D eigenvalue weighted by Crippen LogP contribution is -2.43. The van der Waals surface area contributed by atoms with Crippen LogP contribution >= 0.6 is 23.4 Å². The van der Waals surface area contributed by atoms with Crippen molar-refractivity contribution in [3.05, 3.63) is 93.9 Å². The first kappa shape index (κ1) is 23.0. The largest absolute Gasteiger partial charge is 0.497 e. The molecule has 1 heterocycles. The molecule has 0 atom stereocenters. The number of fused-ring (bicyclic) bond motifs is 1. The third-order valence-corrected chi connectivity index (χ3v) is 6.53. The number of hydrogen-bond acceptors (Lipinski definition) is 4. The van der Waals surface area contributed by atoms with Crippen molar-refractivity contribution in [3.8, 4) is 5.75 Å². The van der Waals surface area contributed by atoms with Gasteiger partial charge in [0.1, 0.15) is 12.3 Å². The summed E-state index contributed by atoms with van der Waals surface area (Å²) < 4.78 is 5.20. The van der Waals surface area contributed by atoms with Crippen molar-refractivity contribution < 1.29 is 14.3 Å². The number of rotatable bonds is 7. The van der Waals surface area contributed by atoms with E-state index in [0.29, 0.717) is 22.9 Å². The molecular formula is C26H23ClN2O3S. The molecule has 0 fully saturated rings. The second-order valence-corrected chi connectivity index (χ2v) is 8.99. The molecule has 4 rings (SSSR count). The van der Waals surface area contributed by atoms with Crippen LogP contribution in [0, 0.1) is 0 Å². The molecule has 0 aromatic heterocycles. The molecule has 0 spiro atoms. The van der Waals surface area contributed by atoms with E-state index in [1.165, 1.54) is 11.8 Å². The van der Waals surface area contributed by atoms with Crippen LogP contribution in [0.3, 0.4) is 0 Å². The zero-order valence-electron chi connectivity index (χ0n) is 18.1. The van der Waals surface area contributed by atoms with Crippen LogP contribution in [0.15, 0.2) is 82.6 Å². The number of carbonyl (C=O) groups excluding carboxylic acids is 2. The van der Waals surface area contributed by atoms with Gasteiger partial charge in [-0.3, -0.25) is 14.5 Å². The lowest BCUT2D eigenvalue weighted by molar-refractivity contribution is -0.122. The van der Waals surface area contributed by atoms with Gasteiger partial charge in [-0.05, 0) is 60.0 Å². The fourth-order valence-electron chi connectivity index (χ4n) is 3.47. The number of benzene rings is 3. The summed E-state index contributed by atoms with van der Waals surface area (Å²) in [6, 6.07) is 22.7. The fraction of sp³-hybridized carbons (Fsp3) is 0.154. The Morgan fingerprint density at radius 1 is 1.06 bits per heavy atom. The second kappa shape index (κ2) is 10.6. The maximum absolute atomic E-state index is 13.3. The van der Waals surface area contributed by atoms with Gasteiger partial charge in [0.05, 0.1) is 17.7 Å². The first-order chi connectivity index (χ1) is 16.0. The first-order valence-electron chi connectivity index (χ1n) is 10.5. The highest BCUT2D eigenvalue weighted by atomic mass is 35.5. The number of nitrogens with one attached hydrogen (secondary N) is 1. The number of halogens is 1. The molecule has 0 saturated carbocycles. The summed E-state index contributed by atoms with van der Waals surface area (Å²) in [7, 11) is 1.61. The van der Waals surface area contributed by atoms with Crippen molar-refractivity contribution in [1.29, 1.82) is 0 Å². The van der Waals surface area contributed by atoms with Gasteiger partial charge < -0.3 is 10.1 Å². The minimum Gasteiger partial charge on any atom is -0.497 e. The van der Waals surface area contributed by atoms with Crippen molar-refractivity contribution in [1.82, 2.24) is 5.32 Å². The average molecular weight is 479 g/mol. The third kappa shape index (κ3) is 5.78. The number of hydrogen-bond donors (Lipinski definition) is 1. The van der Waals surface area contributed by atoms with E-state index < -0.39 is 0 Å². The van der Waals surface area contributed by atoms with Crippen LogP contribution in [-0.2, 0) is 16.0 Å². The Morgan fingerprint density at radius 3 is 2.52 bits per heavy atom. The van der Waals surface area contributed by atoms with Crippen LogP contribution in [0.4, 0.5) is 5.69 Å². The molecule has 1 aliphatic heterocycles. The SMILES string of the molecule is COc1ccc(C=C2Sc3ccccc3N(CC(=O)NCCc3ccc(Cl)cc3)C2=O)cc1. The standard InChI is InChI=1S/C26H23ClN2O3S/c1-32-21-12-8-19(9-13-21)16-24-26(31)29(22-4-2-3-5-23(22)33-24)17-25(30)28-15-14-18-6-10-20(27)11-7-18/h2-13,16H,14-15,17H2,1H3,(H,28,30). The van der Waals surface area contributed by atoms with E-state index in [4.69, 9.17) is 16.3 Å². The van der Waals surface area contributed by atoms with E-state index in [0.717, 1.165) is 27.5 Å². The molecule has 1 N–H and O–H groups in total. The van der Waals surface area contributed by atoms with E-state index >= 15 is 0 Å². The summed E-state index contributed by atoms with van der Waals surface area (Å²) >= 11 is 7.33. The van der Waals surface area contributed by atoms with E-state index in [1.54, 1.807) is 12.0 Å². The minimum atomic E-state index is -0.206. The van der Waals surface area contributed by atoms with Gasteiger partial charge in [0.15, 0.2) is 0 Å². The van der Waals surface area contributed by atoms with Crippen LogP contribution in [0.5, 0.6) is 5.75 Å². The van der Waals surface area contributed by atoms with Gasteiger partial charge in [-0.15, -0.1) is 0 Å². The van der Waals surface area contributed by atoms with Gasteiger partial charge in [-0.1, -0.05) is 59.8 Å². The number of carbonyl (C=O) groups is 2. The zero-order chi connectivity index (χ0) is 23.2. The normalized spacial score (nSPS) is 14.2. The molecule has 0 radical (unpaired) electrons. The molecule has 0 saturated heterocycles. The zero-order valence-corrected chi connectivity index (χ0v) is 19.7. The van der Waals surface area contributed by atoms with E-state index in [-0.39, 0.29) is 18.4 Å². The fourth-order valence-corrected chi connectivity index (χ4v) is 4.65. The maximum Gasteiger partial charge on any atom is 0.265 e. The van der Waals surface area contributed by atoms with Gasteiger partial charge in [0.25, 0.3) is 5.91 Å². The Bertz CT molecular complexity index is 1180. The third-order valence-electron chi connectivity index (χ3n) is 5.20. The molecule has 33 heavy (non-hydrogen) atoms. The van der Waals surface area contributed by atoms with Crippen LogP contribution in [-0.4, -0.2) is 32.0 Å². The Balaban J connectivity index is 1.47. The lowest BCUT2D eigenvalue weighted by Gasteiger charge is -2.29. The van der Waals surface area contributed by atoms with Crippen LogP contribution < -0.4 is 15.0 Å². The molecule has 0 bridgehead atoms. The first-order valence-corrected chi connectivity index (χ1v) is 11.7. The molecule has 1 aliphatic rings. The predicted molar refractivity (Wildman–Crippen MR) is 134 cm³/mol. The predicted octanol–water partition coefficient (Wildman–Crippen LogP) is 5.19. The molecule has 3 aromatic rings. The summed E-state index contributed by atoms with van der Waals surface area (Å²) in [5, 5.41) is 3.60. The van der Waals surface area contributed by atoms with E-state index in [1.807, 2.05) is 78.9 Å². The van der Waals surface area contributed by atoms with Crippen molar-refractivity contribution in [2.24, 2.45) is 0 Å². The second-order valence-electron chi connectivity index (χ2n) is 7.47. The number of methoxy groups -OCH3 is 1. The maximum atomic E-state index is 13.3. The van der Waals surface area contributed by atoms with E-state index in [2.05, 4.69) is 5.32 Å². The van der Waals surface area contributed by atoms with Gasteiger partial charge >= 0.3 is 0 Å². The average Bonchev–Trinajstić information content (AvgIpc) is 2.83. The quantitative estimate of drug-likeness (QED) is 0.475. The molecular weight excluding hydrogens is 456 g/mol. The highest BCUT2D eigenvalue weighted by molar-refractivity contribution is 8.04.